The highest BCUT2D eigenvalue weighted by molar-refractivity contribution is 8.14. The topological polar surface area (TPSA) is 364 Å². The summed E-state index contributed by atoms with van der Waals surface area (Å²) in [4.78, 5) is 87.4. The molecule has 7 atom stereocenters. The number of nitrogen functional groups attached to an aromatic ring is 1. The van der Waals surface area contributed by atoms with E-state index in [9.17, 15) is 57.9 Å². The highest BCUT2D eigenvalue weighted by atomic mass is 32.2. The molecule has 3 rings (SSSR count). The summed E-state index contributed by atoms with van der Waals surface area (Å²) >= 11 is 1.05. The summed E-state index contributed by atoms with van der Waals surface area (Å²) in [5, 5.41) is 26.2. The van der Waals surface area contributed by atoms with Gasteiger partial charge in [-0.15, -0.1) is 0 Å². The van der Waals surface area contributed by atoms with E-state index in [1.54, 1.807) is 13.0 Å². The van der Waals surface area contributed by atoms with Crippen molar-refractivity contribution in [1.82, 2.24) is 30.2 Å². The van der Waals surface area contributed by atoms with Gasteiger partial charge in [0.15, 0.2) is 17.7 Å². The fourth-order valence-electron chi connectivity index (χ4n) is 4.78. The molecule has 3 heterocycles. The summed E-state index contributed by atoms with van der Waals surface area (Å²) in [6.07, 6.45) is -4.40. The zero-order chi connectivity index (χ0) is 41.4. The minimum absolute atomic E-state index is 0.0303. The van der Waals surface area contributed by atoms with Gasteiger partial charge < -0.3 is 50.9 Å². The van der Waals surface area contributed by atoms with Crippen LogP contribution in [0.4, 0.5) is 5.82 Å². The molecule has 1 fully saturated rings. The number of anilines is 1. The number of nitrogens with two attached hydrogens (primary N) is 1. The number of nitrogens with zero attached hydrogens (tertiary/aromatic N) is 4. The van der Waals surface area contributed by atoms with Gasteiger partial charge in [0.1, 0.15) is 36.3 Å². The van der Waals surface area contributed by atoms with Crippen LogP contribution >= 0.6 is 35.2 Å². The zero-order valence-electron chi connectivity index (χ0n) is 29.9. The number of phosphoric ester groups is 3. The Bertz CT molecular complexity index is 1860. The summed E-state index contributed by atoms with van der Waals surface area (Å²) < 4.78 is 62.0. The zero-order valence-corrected chi connectivity index (χ0v) is 33.4. The Hall–Kier alpha value is -2.70. The molecule has 1 saturated heterocycles. The van der Waals surface area contributed by atoms with Gasteiger partial charge in [-0.1, -0.05) is 38.6 Å². The molecule has 28 heteroatoms. The standard InChI is InChI=1S/C27H44N7O17P3S/c1-5-6-15(2)26(39)55-10-9-29-17(35)7-8-30-24(38)21(37)27(3,4)12-48-54(45,46)51-53(43,44)47-11-16-20(50-52(40,41)42)19(36)25(49-16)34-14-33-18-22(28)31-13-32-23(18)34/h6,13-14,16,19-21,25,36-37H,5,7-12H2,1-4H3,(H,29,35)(H,30,38)(H,43,44)(H,45,46)(H2,28,31,32)(H2,40,41,42). The van der Waals surface area contributed by atoms with E-state index in [4.69, 9.17) is 19.5 Å². The maximum absolute atomic E-state index is 12.7. The number of phosphoric acid groups is 3. The van der Waals surface area contributed by atoms with E-state index < -0.39 is 84.6 Å². The van der Waals surface area contributed by atoms with E-state index >= 15 is 0 Å². The quantitative estimate of drug-likeness (QED) is 0.0454. The van der Waals surface area contributed by atoms with Crippen molar-refractivity contribution in [2.75, 3.05) is 37.8 Å². The van der Waals surface area contributed by atoms with Crippen LogP contribution in [0.1, 0.15) is 46.8 Å². The largest absolute Gasteiger partial charge is 0.481 e. The van der Waals surface area contributed by atoms with Crippen LogP contribution < -0.4 is 16.4 Å². The Balaban J connectivity index is 1.50. The Kier molecular flexibility index (Phi) is 16.7. The molecule has 24 nitrogen and oxygen atoms in total. The van der Waals surface area contributed by atoms with Crippen LogP contribution in [0.25, 0.3) is 11.2 Å². The van der Waals surface area contributed by atoms with Gasteiger partial charge in [0.2, 0.25) is 16.9 Å². The molecule has 1 aliphatic rings. The molecule has 1 aliphatic heterocycles. The first-order chi connectivity index (χ1) is 25.5. The lowest BCUT2D eigenvalue weighted by molar-refractivity contribution is -0.137. The minimum atomic E-state index is -5.57. The number of hydrogen-bond acceptors (Lipinski definition) is 18. The van der Waals surface area contributed by atoms with Gasteiger partial charge >= 0.3 is 23.5 Å². The molecule has 310 valence electrons. The van der Waals surface area contributed by atoms with Crippen molar-refractivity contribution >= 4 is 69.1 Å². The Morgan fingerprint density at radius 3 is 2.42 bits per heavy atom. The third-order valence-corrected chi connectivity index (χ3v) is 11.7. The van der Waals surface area contributed by atoms with E-state index in [2.05, 4.69) is 34.4 Å². The summed E-state index contributed by atoms with van der Waals surface area (Å²) in [5.41, 5.74) is 4.88. The molecule has 0 bridgehead atoms. The second-order valence-corrected chi connectivity index (χ2v) is 17.8. The molecule has 2 aromatic rings. The Morgan fingerprint density at radius 2 is 1.76 bits per heavy atom. The van der Waals surface area contributed by atoms with Crippen LogP contribution in [0.5, 0.6) is 0 Å². The SMILES string of the molecule is CCC=C(C)C(=O)SCCNC(=O)CCNC(=O)C(O)C(C)(C)COP(=O)(O)OP(=O)(O)OCC1OC(n2cnc3c(N)ncnc32)C(O)C1OP(=O)(O)O. The minimum Gasteiger partial charge on any atom is -0.386 e. The van der Waals surface area contributed by atoms with E-state index in [0.29, 0.717) is 11.3 Å². The van der Waals surface area contributed by atoms with E-state index in [1.165, 1.54) is 13.8 Å². The van der Waals surface area contributed by atoms with Crippen molar-refractivity contribution in [2.45, 2.75) is 71.2 Å². The van der Waals surface area contributed by atoms with E-state index in [-0.39, 0.29) is 41.6 Å². The monoisotopic (exact) mass is 863 g/mol. The molecule has 0 radical (unpaired) electrons. The summed E-state index contributed by atoms with van der Waals surface area (Å²) in [6.45, 7) is 4.09. The number of amides is 2. The van der Waals surface area contributed by atoms with E-state index in [1.807, 2.05) is 6.92 Å². The van der Waals surface area contributed by atoms with Crippen LogP contribution in [0.3, 0.4) is 0 Å². The number of aliphatic hydroxyl groups excluding tert-OH is 2. The predicted octanol–water partition coefficient (Wildman–Crippen LogP) is 0.0210. The van der Waals surface area contributed by atoms with Crippen molar-refractivity contribution < 1.29 is 80.5 Å². The molecule has 7 unspecified atom stereocenters. The van der Waals surface area contributed by atoms with Gasteiger partial charge in [-0.25, -0.2) is 28.6 Å². The Morgan fingerprint density at radius 1 is 1.09 bits per heavy atom. The number of carbonyl (C=O) groups is 3. The predicted molar refractivity (Wildman–Crippen MR) is 191 cm³/mol. The van der Waals surface area contributed by atoms with Gasteiger partial charge in [0, 0.05) is 30.7 Å². The smallest absolute Gasteiger partial charge is 0.386 e. The number of aliphatic hydroxyl groups is 2. The first-order valence-electron chi connectivity index (χ1n) is 16.2. The number of hydrogen-bond donors (Lipinski definition) is 9. The normalized spacial score (nSPS) is 22.2. The Labute approximate surface area is 318 Å². The number of imidazole rings is 1. The van der Waals surface area contributed by atoms with Gasteiger partial charge in [-0.2, -0.15) is 4.31 Å². The fraction of sp³-hybridized carbons (Fsp3) is 0.630. The van der Waals surface area contributed by atoms with Crippen molar-refractivity contribution in [3.8, 4) is 0 Å². The molecular weight excluding hydrogens is 819 g/mol. The van der Waals surface area contributed by atoms with Gasteiger partial charge in [0.25, 0.3) is 0 Å². The molecule has 2 aromatic heterocycles. The highest BCUT2D eigenvalue weighted by Gasteiger charge is 2.50. The van der Waals surface area contributed by atoms with Gasteiger partial charge in [-0.05, 0) is 18.9 Å². The van der Waals surface area contributed by atoms with Crippen LogP contribution in [0.2, 0.25) is 0 Å². The molecule has 55 heavy (non-hydrogen) atoms. The molecule has 2 amide bonds. The van der Waals surface area contributed by atoms with Crippen LogP contribution in [-0.2, 0) is 50.7 Å². The number of rotatable bonds is 21. The third kappa shape index (κ3) is 14.0. The summed E-state index contributed by atoms with van der Waals surface area (Å²) in [7, 11) is -16.4. The van der Waals surface area contributed by atoms with Crippen molar-refractivity contribution in [1.29, 1.82) is 0 Å². The van der Waals surface area contributed by atoms with Crippen LogP contribution in [0.15, 0.2) is 24.3 Å². The molecule has 0 spiro atoms. The summed E-state index contributed by atoms with van der Waals surface area (Å²) in [6, 6.07) is 0. The third-order valence-electron chi connectivity index (χ3n) is 7.57. The maximum atomic E-state index is 12.7. The fourth-order valence-corrected chi connectivity index (χ4v) is 8.31. The lowest BCUT2D eigenvalue weighted by Crippen LogP contribution is -2.46. The lowest BCUT2D eigenvalue weighted by Gasteiger charge is -2.30. The molecule has 10 N–H and O–H groups in total. The van der Waals surface area contributed by atoms with Crippen molar-refractivity contribution in [3.63, 3.8) is 0 Å². The number of thioether (sulfide) groups is 1. The number of fused-ring (bicyclic) bond motifs is 1. The molecular formula is C27H44N7O17P3S. The first kappa shape index (κ1) is 46.7. The van der Waals surface area contributed by atoms with Gasteiger partial charge in [-0.3, -0.25) is 32.5 Å². The molecule has 0 saturated carbocycles. The molecule has 0 aromatic carbocycles. The number of carbonyl (C=O) groups excluding carboxylic acids is 3. The van der Waals surface area contributed by atoms with Gasteiger partial charge in [0.05, 0.1) is 19.5 Å². The summed E-state index contributed by atoms with van der Waals surface area (Å²) in [5.74, 6) is -1.12. The van der Waals surface area contributed by atoms with Crippen LogP contribution in [0, 0.1) is 5.41 Å². The first-order valence-corrected chi connectivity index (χ1v) is 21.7. The number of allylic oxidation sites excluding steroid dienone is 1. The second kappa shape index (κ2) is 19.6. The van der Waals surface area contributed by atoms with Crippen molar-refractivity contribution in [2.24, 2.45) is 5.41 Å². The van der Waals surface area contributed by atoms with Crippen LogP contribution in [-0.4, -0.2) is 123 Å². The van der Waals surface area contributed by atoms with E-state index in [0.717, 1.165) is 35.4 Å². The molecule has 0 aliphatic carbocycles. The highest BCUT2D eigenvalue weighted by Crippen LogP contribution is 2.61. The lowest BCUT2D eigenvalue weighted by atomic mass is 9.87. The number of nitrogens with one attached hydrogen (secondary N) is 2. The number of ether oxygens (including phenoxy) is 1. The number of aromatic nitrogens is 4. The van der Waals surface area contributed by atoms with Crippen molar-refractivity contribution in [3.05, 3.63) is 24.3 Å². The maximum Gasteiger partial charge on any atom is 0.481 e. The average molecular weight is 864 g/mol. The average Bonchev–Trinajstić information content (AvgIpc) is 3.64. The second-order valence-electron chi connectivity index (χ2n) is 12.5.